The monoisotopic (exact) mass is 223 g/mol. The molecule has 1 nitrogen and oxygen atoms in total. The van der Waals surface area contributed by atoms with Crippen LogP contribution in [0.2, 0.25) is 0 Å². The van der Waals surface area contributed by atoms with Gasteiger partial charge in [-0.15, -0.1) is 0 Å². The van der Waals surface area contributed by atoms with Gasteiger partial charge in [-0.3, -0.25) is 0 Å². The lowest BCUT2D eigenvalue weighted by atomic mass is 9.63. The van der Waals surface area contributed by atoms with Gasteiger partial charge in [-0.05, 0) is 68.6 Å². The average molecular weight is 223 g/mol. The smallest absolute Gasteiger partial charge is 0.0183 e. The Hall–Kier alpha value is -0.0400. The van der Waals surface area contributed by atoms with Crippen molar-refractivity contribution in [2.75, 3.05) is 0 Å². The normalized spacial score (nSPS) is 50.2. The first-order valence-electron chi connectivity index (χ1n) is 7.28. The van der Waals surface area contributed by atoms with Gasteiger partial charge in [0.25, 0.3) is 0 Å². The highest BCUT2D eigenvalue weighted by Gasteiger charge is 2.40. The van der Waals surface area contributed by atoms with Gasteiger partial charge in [0, 0.05) is 5.54 Å². The molecule has 0 amide bonds. The zero-order valence-electron chi connectivity index (χ0n) is 11.3. The molecule has 16 heavy (non-hydrogen) atoms. The molecular formula is C15H29N. The van der Waals surface area contributed by atoms with E-state index in [2.05, 4.69) is 20.8 Å². The Morgan fingerprint density at radius 2 is 1.31 bits per heavy atom. The van der Waals surface area contributed by atoms with E-state index in [1.165, 1.54) is 44.9 Å². The lowest BCUT2D eigenvalue weighted by molar-refractivity contribution is 0.0928. The van der Waals surface area contributed by atoms with Crippen LogP contribution in [0.15, 0.2) is 0 Å². The van der Waals surface area contributed by atoms with E-state index in [0.717, 1.165) is 23.7 Å². The molecule has 94 valence electrons. The lowest BCUT2D eigenvalue weighted by Crippen LogP contribution is -2.51. The van der Waals surface area contributed by atoms with Gasteiger partial charge in [0.15, 0.2) is 0 Å². The highest BCUT2D eigenvalue weighted by molar-refractivity contribution is 4.97. The molecule has 2 rings (SSSR count). The summed E-state index contributed by atoms with van der Waals surface area (Å²) in [5, 5.41) is 0. The second kappa shape index (κ2) is 4.68. The molecule has 2 aliphatic rings. The fourth-order valence-electron chi connectivity index (χ4n) is 4.12. The van der Waals surface area contributed by atoms with Crippen molar-refractivity contribution in [1.82, 2.24) is 0 Å². The summed E-state index contributed by atoms with van der Waals surface area (Å²) in [7, 11) is 0. The molecule has 0 radical (unpaired) electrons. The summed E-state index contributed by atoms with van der Waals surface area (Å²) < 4.78 is 0. The molecule has 0 aromatic rings. The van der Waals surface area contributed by atoms with Crippen molar-refractivity contribution in [3.05, 3.63) is 0 Å². The second-order valence-electron chi connectivity index (χ2n) is 7.03. The number of hydrogen-bond donors (Lipinski definition) is 1. The van der Waals surface area contributed by atoms with Crippen molar-refractivity contribution in [1.29, 1.82) is 0 Å². The Balaban J connectivity index is 1.99. The summed E-state index contributed by atoms with van der Waals surface area (Å²) in [6.07, 6.45) is 9.45. The van der Waals surface area contributed by atoms with E-state index < -0.39 is 0 Å². The van der Waals surface area contributed by atoms with Crippen LogP contribution < -0.4 is 5.73 Å². The van der Waals surface area contributed by atoms with Gasteiger partial charge in [0.05, 0.1) is 0 Å². The molecule has 0 aromatic heterocycles. The molecule has 2 saturated carbocycles. The third-order valence-corrected chi connectivity index (χ3v) is 5.20. The lowest BCUT2D eigenvalue weighted by Gasteiger charge is -2.46. The minimum atomic E-state index is 0.190. The van der Waals surface area contributed by atoms with Gasteiger partial charge in [-0.2, -0.15) is 0 Å². The molecule has 1 heteroatoms. The fourth-order valence-corrected chi connectivity index (χ4v) is 4.12. The third-order valence-electron chi connectivity index (χ3n) is 5.20. The van der Waals surface area contributed by atoms with Crippen LogP contribution in [0.5, 0.6) is 0 Å². The summed E-state index contributed by atoms with van der Waals surface area (Å²) >= 11 is 0. The summed E-state index contributed by atoms with van der Waals surface area (Å²) in [5.41, 5.74) is 6.91. The maximum absolute atomic E-state index is 6.72. The molecular weight excluding hydrogens is 194 g/mol. The van der Waals surface area contributed by atoms with Crippen molar-refractivity contribution in [2.24, 2.45) is 29.4 Å². The maximum atomic E-state index is 6.72. The van der Waals surface area contributed by atoms with Crippen molar-refractivity contribution in [3.63, 3.8) is 0 Å². The van der Waals surface area contributed by atoms with Crippen LogP contribution in [0.3, 0.4) is 0 Å². The first kappa shape index (κ1) is 12.4. The van der Waals surface area contributed by atoms with Gasteiger partial charge in [0.1, 0.15) is 0 Å². The average Bonchev–Trinajstić information content (AvgIpc) is 2.21. The van der Waals surface area contributed by atoms with Crippen molar-refractivity contribution in [3.8, 4) is 0 Å². The minimum Gasteiger partial charge on any atom is -0.325 e. The molecule has 0 bridgehead atoms. The molecule has 2 unspecified atom stereocenters. The SMILES string of the molecule is CC1CCC(N)(C2CC(C)CC(C)C2)CC1. The van der Waals surface area contributed by atoms with Gasteiger partial charge in [-0.1, -0.05) is 20.8 Å². The van der Waals surface area contributed by atoms with Gasteiger partial charge in [0.2, 0.25) is 0 Å². The van der Waals surface area contributed by atoms with Crippen LogP contribution in [0, 0.1) is 23.7 Å². The molecule has 0 aromatic carbocycles. The van der Waals surface area contributed by atoms with Crippen LogP contribution >= 0.6 is 0 Å². The molecule has 2 N–H and O–H groups in total. The van der Waals surface area contributed by atoms with Crippen LogP contribution in [-0.4, -0.2) is 5.54 Å². The van der Waals surface area contributed by atoms with Crippen LogP contribution in [0.4, 0.5) is 0 Å². The largest absolute Gasteiger partial charge is 0.325 e. The molecule has 2 aliphatic carbocycles. The summed E-state index contributed by atoms with van der Waals surface area (Å²) in [6.45, 7) is 7.21. The predicted molar refractivity (Wildman–Crippen MR) is 70.2 cm³/mol. The number of rotatable bonds is 1. The van der Waals surface area contributed by atoms with Crippen molar-refractivity contribution in [2.45, 2.75) is 71.3 Å². The van der Waals surface area contributed by atoms with E-state index in [-0.39, 0.29) is 5.54 Å². The summed E-state index contributed by atoms with van der Waals surface area (Å²) in [4.78, 5) is 0. The van der Waals surface area contributed by atoms with Gasteiger partial charge in [-0.25, -0.2) is 0 Å². The second-order valence-corrected chi connectivity index (χ2v) is 7.03. The Labute approximate surface area is 101 Å². The number of hydrogen-bond acceptors (Lipinski definition) is 1. The zero-order valence-corrected chi connectivity index (χ0v) is 11.3. The highest BCUT2D eigenvalue weighted by Crippen LogP contribution is 2.44. The molecule has 0 heterocycles. The maximum Gasteiger partial charge on any atom is 0.0183 e. The summed E-state index contributed by atoms with van der Waals surface area (Å²) in [6, 6.07) is 0. The topological polar surface area (TPSA) is 26.0 Å². The van der Waals surface area contributed by atoms with Crippen LogP contribution in [0.1, 0.15) is 65.7 Å². The standard InChI is InChI=1S/C15H29N/c1-11-4-6-15(16,7-5-11)14-9-12(2)8-13(3)10-14/h11-14H,4-10,16H2,1-3H3. The van der Waals surface area contributed by atoms with Gasteiger partial charge < -0.3 is 5.73 Å². The van der Waals surface area contributed by atoms with Crippen molar-refractivity contribution < 1.29 is 0 Å². The zero-order chi connectivity index (χ0) is 11.8. The fraction of sp³-hybridized carbons (Fsp3) is 1.00. The van der Waals surface area contributed by atoms with E-state index >= 15 is 0 Å². The molecule has 2 fully saturated rings. The Kier molecular flexibility index (Phi) is 3.63. The van der Waals surface area contributed by atoms with E-state index in [4.69, 9.17) is 5.73 Å². The molecule has 2 atom stereocenters. The summed E-state index contributed by atoms with van der Waals surface area (Å²) in [5.74, 6) is 3.51. The van der Waals surface area contributed by atoms with E-state index in [1.807, 2.05) is 0 Å². The van der Waals surface area contributed by atoms with Crippen molar-refractivity contribution >= 4 is 0 Å². The first-order valence-corrected chi connectivity index (χ1v) is 7.28. The van der Waals surface area contributed by atoms with E-state index in [1.54, 1.807) is 0 Å². The van der Waals surface area contributed by atoms with Crippen LogP contribution in [0.25, 0.3) is 0 Å². The quantitative estimate of drug-likeness (QED) is 0.715. The van der Waals surface area contributed by atoms with Crippen LogP contribution in [-0.2, 0) is 0 Å². The minimum absolute atomic E-state index is 0.190. The van der Waals surface area contributed by atoms with E-state index in [0.29, 0.717) is 0 Å². The molecule has 0 spiro atoms. The highest BCUT2D eigenvalue weighted by atomic mass is 14.8. The molecule has 0 aliphatic heterocycles. The predicted octanol–water partition coefficient (Wildman–Crippen LogP) is 3.97. The Morgan fingerprint density at radius 1 is 0.812 bits per heavy atom. The third kappa shape index (κ3) is 2.61. The van der Waals surface area contributed by atoms with E-state index in [9.17, 15) is 0 Å². The first-order chi connectivity index (χ1) is 7.49. The number of nitrogens with two attached hydrogens (primary N) is 1. The van der Waals surface area contributed by atoms with Gasteiger partial charge >= 0.3 is 0 Å². The Bertz CT molecular complexity index is 218. The molecule has 0 saturated heterocycles. The Morgan fingerprint density at radius 3 is 1.81 bits per heavy atom.